The maximum atomic E-state index is 10.4. The van der Waals surface area contributed by atoms with E-state index in [1.54, 1.807) is 0 Å². The van der Waals surface area contributed by atoms with E-state index in [1.807, 2.05) is 0 Å². The third-order valence-electron chi connectivity index (χ3n) is 9.73. The summed E-state index contributed by atoms with van der Waals surface area (Å²) in [7, 11) is 0. The summed E-state index contributed by atoms with van der Waals surface area (Å²) in [6.45, 7) is 2.30. The minimum atomic E-state index is -0.897. The molecule has 0 heterocycles. The standard InChI is InChI=1S/C41H82O2.K/c1-2-3-4-5-6-7-8-9-10-11-12-13-14-15-16-17-18-19-20-21-22-23-24-25-26-27-28-29-30-31-32-33-34-35-36-37-38-39-40-41(42)43;/h2-40H2,1H3,(H,42,43);/q;+1/p-1. The first kappa shape index (κ1) is 47.2. The number of hydrogen-bond donors (Lipinski definition) is 0. The average molecular weight is 645 g/mol. The van der Waals surface area contributed by atoms with Crippen LogP contribution in [-0.2, 0) is 4.79 Å². The maximum absolute atomic E-state index is 10.4. The summed E-state index contributed by atoms with van der Waals surface area (Å²) in [4.78, 5) is 10.4. The molecule has 0 radical (unpaired) electrons. The molecule has 0 saturated carbocycles. The van der Waals surface area contributed by atoms with Crippen LogP contribution in [-0.4, -0.2) is 5.97 Å². The monoisotopic (exact) mass is 645 g/mol. The number of carbonyl (C=O) groups is 1. The van der Waals surface area contributed by atoms with Gasteiger partial charge in [-0.1, -0.05) is 244 Å². The summed E-state index contributed by atoms with van der Waals surface area (Å²) in [6.07, 6.45) is 54.0. The maximum Gasteiger partial charge on any atom is 1.00 e. The Balaban J connectivity index is 0. The molecule has 0 N–H and O–H groups in total. The van der Waals surface area contributed by atoms with E-state index in [2.05, 4.69) is 6.92 Å². The minimum absolute atomic E-state index is 0. The van der Waals surface area contributed by atoms with Crippen molar-refractivity contribution in [3.05, 3.63) is 0 Å². The molecular formula is C41H81KO2. The van der Waals surface area contributed by atoms with Crippen LogP contribution in [0.5, 0.6) is 0 Å². The second kappa shape index (κ2) is 44.1. The molecule has 0 bridgehead atoms. The third-order valence-corrected chi connectivity index (χ3v) is 9.73. The van der Waals surface area contributed by atoms with Crippen LogP contribution in [0, 0.1) is 0 Å². The van der Waals surface area contributed by atoms with Crippen molar-refractivity contribution in [2.45, 2.75) is 257 Å². The van der Waals surface area contributed by atoms with Gasteiger partial charge in [-0.05, 0) is 12.8 Å². The van der Waals surface area contributed by atoms with Gasteiger partial charge in [0, 0.05) is 5.97 Å². The molecule has 3 heteroatoms. The molecule has 0 saturated heterocycles. The van der Waals surface area contributed by atoms with Gasteiger partial charge in [0.1, 0.15) is 0 Å². The van der Waals surface area contributed by atoms with E-state index in [0.717, 1.165) is 12.8 Å². The van der Waals surface area contributed by atoms with Crippen LogP contribution in [0.3, 0.4) is 0 Å². The normalized spacial score (nSPS) is 11.2. The summed E-state index contributed by atoms with van der Waals surface area (Å²) >= 11 is 0. The van der Waals surface area contributed by atoms with Crippen LogP contribution in [0.2, 0.25) is 0 Å². The Morgan fingerprint density at radius 1 is 0.295 bits per heavy atom. The van der Waals surface area contributed by atoms with Gasteiger partial charge in [-0.3, -0.25) is 0 Å². The summed E-state index contributed by atoms with van der Waals surface area (Å²) < 4.78 is 0. The number of carboxylic acids is 1. The summed E-state index contributed by atoms with van der Waals surface area (Å²) in [5.74, 6) is -0.897. The second-order valence-electron chi connectivity index (χ2n) is 14.2. The molecule has 0 fully saturated rings. The van der Waals surface area contributed by atoms with E-state index >= 15 is 0 Å². The van der Waals surface area contributed by atoms with E-state index in [0.29, 0.717) is 0 Å². The largest absolute Gasteiger partial charge is 1.00 e. The average Bonchev–Trinajstić information content (AvgIpc) is 3.00. The van der Waals surface area contributed by atoms with Gasteiger partial charge >= 0.3 is 51.4 Å². The molecule has 44 heavy (non-hydrogen) atoms. The topological polar surface area (TPSA) is 40.1 Å². The Bertz CT molecular complexity index is 509. The van der Waals surface area contributed by atoms with E-state index in [-0.39, 0.29) is 57.8 Å². The molecule has 0 atom stereocenters. The quantitative estimate of drug-likeness (QED) is 0.0493. The zero-order chi connectivity index (χ0) is 31.2. The van der Waals surface area contributed by atoms with Crippen molar-refractivity contribution in [3.63, 3.8) is 0 Å². The fourth-order valence-electron chi connectivity index (χ4n) is 6.71. The SMILES string of the molecule is CCCCCCCCCCCCCCCCCCCCCCCCCCCCCCCCCCCCCCCCC(=O)[O-].[K+]. The zero-order valence-corrected chi connectivity index (χ0v) is 34.0. The number of rotatable bonds is 39. The van der Waals surface area contributed by atoms with Crippen molar-refractivity contribution in [2.75, 3.05) is 0 Å². The molecule has 0 amide bonds. The van der Waals surface area contributed by atoms with Gasteiger partial charge < -0.3 is 9.90 Å². The van der Waals surface area contributed by atoms with Gasteiger partial charge in [-0.15, -0.1) is 0 Å². The number of carboxylic acid groups (broad SMARTS) is 1. The van der Waals surface area contributed by atoms with Crippen molar-refractivity contribution in [1.82, 2.24) is 0 Å². The number of aliphatic carboxylic acids is 1. The molecule has 2 nitrogen and oxygen atoms in total. The number of hydrogen-bond acceptors (Lipinski definition) is 2. The molecule has 0 aliphatic heterocycles. The van der Waals surface area contributed by atoms with Gasteiger partial charge in [-0.2, -0.15) is 0 Å². The summed E-state index contributed by atoms with van der Waals surface area (Å²) in [6, 6.07) is 0. The minimum Gasteiger partial charge on any atom is -0.550 e. The van der Waals surface area contributed by atoms with Gasteiger partial charge in [0.25, 0.3) is 0 Å². The molecule has 0 spiro atoms. The van der Waals surface area contributed by atoms with Crippen molar-refractivity contribution in [2.24, 2.45) is 0 Å². The summed E-state index contributed by atoms with van der Waals surface area (Å²) in [5.41, 5.74) is 0. The van der Waals surface area contributed by atoms with Crippen molar-refractivity contribution < 1.29 is 61.3 Å². The van der Waals surface area contributed by atoms with E-state index in [9.17, 15) is 9.90 Å². The Morgan fingerprint density at radius 2 is 0.432 bits per heavy atom. The first-order valence-electron chi connectivity index (χ1n) is 20.5. The van der Waals surface area contributed by atoms with Crippen molar-refractivity contribution in [1.29, 1.82) is 0 Å². The fraction of sp³-hybridized carbons (Fsp3) is 0.976. The van der Waals surface area contributed by atoms with Crippen LogP contribution < -0.4 is 56.5 Å². The van der Waals surface area contributed by atoms with Gasteiger partial charge in [0.2, 0.25) is 0 Å². The molecule has 0 aliphatic carbocycles. The van der Waals surface area contributed by atoms with Gasteiger partial charge in [-0.25, -0.2) is 0 Å². The second-order valence-corrected chi connectivity index (χ2v) is 14.2. The Kier molecular flexibility index (Phi) is 47.3. The first-order chi connectivity index (χ1) is 21.3. The van der Waals surface area contributed by atoms with Crippen LogP contribution in [0.15, 0.2) is 0 Å². The molecular weight excluding hydrogens is 564 g/mol. The Morgan fingerprint density at radius 3 is 0.568 bits per heavy atom. The van der Waals surface area contributed by atoms with Gasteiger partial charge in [0.15, 0.2) is 0 Å². The fourth-order valence-corrected chi connectivity index (χ4v) is 6.71. The van der Waals surface area contributed by atoms with E-state index < -0.39 is 5.97 Å². The third kappa shape index (κ3) is 45.2. The first-order valence-corrected chi connectivity index (χ1v) is 20.5. The molecule has 0 aliphatic rings. The van der Waals surface area contributed by atoms with Crippen LogP contribution in [0.25, 0.3) is 0 Å². The number of carbonyl (C=O) groups excluding carboxylic acids is 1. The predicted octanol–water partition coefficient (Wildman–Crippen LogP) is 11.0. The van der Waals surface area contributed by atoms with Crippen LogP contribution >= 0.6 is 0 Å². The predicted molar refractivity (Wildman–Crippen MR) is 191 cm³/mol. The molecule has 0 aromatic heterocycles. The van der Waals surface area contributed by atoms with E-state index in [4.69, 9.17) is 0 Å². The Hall–Kier alpha value is 1.11. The smallest absolute Gasteiger partial charge is 0.550 e. The zero-order valence-electron chi connectivity index (χ0n) is 30.9. The van der Waals surface area contributed by atoms with Crippen LogP contribution in [0.1, 0.15) is 257 Å². The number of unbranched alkanes of at least 4 members (excludes halogenated alkanes) is 37. The molecule has 0 aromatic carbocycles. The molecule has 0 aromatic rings. The van der Waals surface area contributed by atoms with Gasteiger partial charge in [0.05, 0.1) is 0 Å². The molecule has 258 valence electrons. The Labute approximate surface area is 321 Å². The molecule has 0 unspecified atom stereocenters. The van der Waals surface area contributed by atoms with Crippen molar-refractivity contribution in [3.8, 4) is 0 Å². The van der Waals surface area contributed by atoms with E-state index in [1.165, 1.54) is 231 Å². The van der Waals surface area contributed by atoms with Crippen LogP contribution in [0.4, 0.5) is 0 Å². The van der Waals surface area contributed by atoms with Crippen molar-refractivity contribution >= 4 is 5.97 Å². The molecule has 0 rings (SSSR count). The summed E-state index contributed by atoms with van der Waals surface area (Å²) in [5, 5.41) is 10.4.